The van der Waals surface area contributed by atoms with Crippen LogP contribution >= 0.6 is 0 Å². The minimum atomic E-state index is -0.658. The Bertz CT molecular complexity index is 1390. The second-order valence-corrected chi connectivity index (χ2v) is 9.21. The molecule has 1 saturated heterocycles. The fourth-order valence-electron chi connectivity index (χ4n) is 4.83. The number of piperidine rings is 1. The molecule has 8 heteroatoms. The third kappa shape index (κ3) is 5.75. The fourth-order valence-corrected chi connectivity index (χ4v) is 4.83. The van der Waals surface area contributed by atoms with Crippen LogP contribution in [-0.2, 0) is 0 Å². The number of likely N-dealkylation sites (tertiary alicyclic amines) is 1. The number of para-hydroxylation sites is 1. The molecule has 0 amide bonds. The van der Waals surface area contributed by atoms with Gasteiger partial charge in [0.2, 0.25) is 0 Å². The molecular weight excluding hydrogens is 486 g/mol. The highest BCUT2D eigenvalue weighted by molar-refractivity contribution is 5.94. The predicted molar refractivity (Wildman–Crippen MR) is 146 cm³/mol. The molecule has 3 aromatic rings. The van der Waals surface area contributed by atoms with Crippen molar-refractivity contribution in [1.82, 2.24) is 4.90 Å². The number of benzene rings is 3. The number of nitrogens with two attached hydrogens (primary N) is 1. The van der Waals surface area contributed by atoms with Gasteiger partial charge in [0, 0.05) is 42.0 Å². The van der Waals surface area contributed by atoms with Gasteiger partial charge in [-0.2, -0.15) is 5.26 Å². The van der Waals surface area contributed by atoms with Crippen molar-refractivity contribution in [1.29, 1.82) is 5.26 Å². The van der Waals surface area contributed by atoms with Gasteiger partial charge in [0.1, 0.15) is 30.1 Å². The summed E-state index contributed by atoms with van der Waals surface area (Å²) in [6.07, 6.45) is 1.54. The third-order valence-electron chi connectivity index (χ3n) is 6.71. The van der Waals surface area contributed by atoms with Crippen molar-refractivity contribution in [3.8, 4) is 22.9 Å². The van der Waals surface area contributed by atoms with E-state index in [-0.39, 0.29) is 19.3 Å². The van der Waals surface area contributed by atoms with Crippen molar-refractivity contribution in [2.45, 2.75) is 25.8 Å². The van der Waals surface area contributed by atoms with E-state index < -0.39 is 11.6 Å². The van der Waals surface area contributed by atoms with Gasteiger partial charge in [0.15, 0.2) is 0 Å². The van der Waals surface area contributed by atoms with Crippen molar-refractivity contribution >= 4 is 23.7 Å². The highest BCUT2D eigenvalue weighted by Crippen LogP contribution is 2.41. The summed E-state index contributed by atoms with van der Waals surface area (Å²) in [7, 11) is 0. The van der Waals surface area contributed by atoms with E-state index in [1.54, 1.807) is 12.1 Å². The quantitative estimate of drug-likeness (QED) is 0.304. The standard InChI is InChI=1S/C30H30F2N4O2/c1-19(22-14-23(31)17-24(32)15-22)29(36-10-8-25(34)9-11-36)27-16-20(6-7-28(27)35-2)26-5-3-4-21(18-33)30(26)38-13-12-37/h3-7,14-17,25,37H,2,8-13,34H2,1H3/b29-19-. The van der Waals surface area contributed by atoms with E-state index in [1.807, 2.05) is 31.2 Å². The largest absolute Gasteiger partial charge is 0.489 e. The van der Waals surface area contributed by atoms with E-state index in [0.29, 0.717) is 46.8 Å². The molecule has 0 bridgehead atoms. The lowest BCUT2D eigenvalue weighted by atomic mass is 9.93. The van der Waals surface area contributed by atoms with Gasteiger partial charge in [-0.1, -0.05) is 18.2 Å². The SMILES string of the molecule is C=Nc1ccc(-c2cccc(C#N)c2OCCO)cc1/C(=C(\C)c1cc(F)cc(F)c1)N1CCC(N)CC1. The Hall–Kier alpha value is -4.06. The van der Waals surface area contributed by atoms with E-state index in [0.717, 1.165) is 35.7 Å². The van der Waals surface area contributed by atoms with E-state index >= 15 is 0 Å². The van der Waals surface area contributed by atoms with Crippen LogP contribution in [0.25, 0.3) is 22.4 Å². The first-order valence-corrected chi connectivity index (χ1v) is 12.4. The number of nitriles is 1. The summed E-state index contributed by atoms with van der Waals surface area (Å²) in [5.41, 5.74) is 11.2. The van der Waals surface area contributed by atoms with E-state index in [4.69, 9.17) is 10.5 Å². The van der Waals surface area contributed by atoms with Crippen molar-refractivity contribution in [3.05, 3.63) is 82.9 Å². The molecule has 196 valence electrons. The Morgan fingerprint density at radius 2 is 1.87 bits per heavy atom. The van der Waals surface area contributed by atoms with Crippen LogP contribution in [0, 0.1) is 23.0 Å². The summed E-state index contributed by atoms with van der Waals surface area (Å²) in [6, 6.07) is 16.6. The number of aliphatic imine (C=N–C) groups is 1. The number of hydrogen-bond donors (Lipinski definition) is 2. The smallest absolute Gasteiger partial charge is 0.144 e. The van der Waals surface area contributed by atoms with Crippen LogP contribution in [-0.4, -0.2) is 49.1 Å². The molecule has 0 radical (unpaired) electrons. The number of ether oxygens (including phenoxy) is 1. The number of aliphatic hydroxyl groups is 1. The lowest BCUT2D eigenvalue weighted by Gasteiger charge is -2.36. The molecule has 1 fully saturated rings. The maximum Gasteiger partial charge on any atom is 0.144 e. The molecular formula is C30H30F2N4O2. The van der Waals surface area contributed by atoms with Gasteiger partial charge in [-0.05, 0) is 73.5 Å². The molecule has 0 atom stereocenters. The summed E-state index contributed by atoms with van der Waals surface area (Å²) >= 11 is 0. The number of halogens is 2. The Morgan fingerprint density at radius 1 is 1.16 bits per heavy atom. The molecule has 3 N–H and O–H groups in total. The van der Waals surface area contributed by atoms with Crippen LogP contribution in [0.1, 0.15) is 36.5 Å². The van der Waals surface area contributed by atoms with E-state index in [2.05, 4.69) is 22.7 Å². The first-order chi connectivity index (χ1) is 18.4. The minimum absolute atomic E-state index is 0.0360. The van der Waals surface area contributed by atoms with Crippen LogP contribution in [0.5, 0.6) is 5.75 Å². The maximum atomic E-state index is 14.2. The number of aliphatic hydroxyl groups excluding tert-OH is 1. The number of rotatable bonds is 8. The average Bonchev–Trinajstić information content (AvgIpc) is 2.92. The van der Waals surface area contributed by atoms with Crippen LogP contribution < -0.4 is 10.5 Å². The zero-order chi connectivity index (χ0) is 27.2. The zero-order valence-electron chi connectivity index (χ0n) is 21.3. The number of nitrogens with zero attached hydrogens (tertiary/aromatic N) is 3. The van der Waals surface area contributed by atoms with Crippen molar-refractivity contribution in [3.63, 3.8) is 0 Å². The molecule has 0 unspecified atom stereocenters. The molecule has 3 aromatic carbocycles. The normalized spacial score (nSPS) is 14.6. The van der Waals surface area contributed by atoms with E-state index in [9.17, 15) is 19.1 Å². The summed E-state index contributed by atoms with van der Waals surface area (Å²) in [6.45, 7) is 6.76. The summed E-state index contributed by atoms with van der Waals surface area (Å²) in [4.78, 5) is 6.42. The second-order valence-electron chi connectivity index (χ2n) is 9.21. The molecule has 6 nitrogen and oxygen atoms in total. The fraction of sp³-hybridized carbons (Fsp3) is 0.267. The molecule has 1 heterocycles. The molecule has 0 aliphatic carbocycles. The molecule has 0 aromatic heterocycles. The van der Waals surface area contributed by atoms with Crippen molar-refractivity contribution in [2.24, 2.45) is 10.7 Å². The third-order valence-corrected chi connectivity index (χ3v) is 6.71. The molecule has 4 rings (SSSR count). The van der Waals surface area contributed by atoms with Gasteiger partial charge in [0.25, 0.3) is 0 Å². The second kappa shape index (κ2) is 12.0. The Kier molecular flexibility index (Phi) is 8.52. The zero-order valence-corrected chi connectivity index (χ0v) is 21.3. The van der Waals surface area contributed by atoms with Gasteiger partial charge in [0.05, 0.1) is 17.9 Å². The molecule has 0 saturated carbocycles. The van der Waals surface area contributed by atoms with Gasteiger partial charge in [-0.15, -0.1) is 0 Å². The predicted octanol–water partition coefficient (Wildman–Crippen LogP) is 5.52. The lowest BCUT2D eigenvalue weighted by molar-refractivity contribution is 0.201. The average molecular weight is 517 g/mol. The highest BCUT2D eigenvalue weighted by Gasteiger charge is 2.24. The topological polar surface area (TPSA) is 94.9 Å². The first-order valence-electron chi connectivity index (χ1n) is 12.4. The molecule has 38 heavy (non-hydrogen) atoms. The molecule has 0 spiro atoms. The van der Waals surface area contributed by atoms with Gasteiger partial charge >= 0.3 is 0 Å². The lowest BCUT2D eigenvalue weighted by Crippen LogP contribution is -2.39. The summed E-state index contributed by atoms with van der Waals surface area (Å²) in [5.74, 6) is -0.948. The highest BCUT2D eigenvalue weighted by atomic mass is 19.1. The van der Waals surface area contributed by atoms with Gasteiger partial charge < -0.3 is 20.5 Å². The van der Waals surface area contributed by atoms with Crippen molar-refractivity contribution < 1.29 is 18.6 Å². The summed E-state index contributed by atoms with van der Waals surface area (Å²) < 4.78 is 34.2. The molecule has 1 aliphatic rings. The van der Waals surface area contributed by atoms with Crippen LogP contribution in [0.2, 0.25) is 0 Å². The Labute approximate surface area is 221 Å². The number of hydrogen-bond acceptors (Lipinski definition) is 6. The first kappa shape index (κ1) is 27.0. The van der Waals surface area contributed by atoms with Crippen molar-refractivity contribution in [2.75, 3.05) is 26.3 Å². The Morgan fingerprint density at radius 3 is 2.50 bits per heavy atom. The van der Waals surface area contributed by atoms with Crippen LogP contribution in [0.15, 0.2) is 59.6 Å². The van der Waals surface area contributed by atoms with Gasteiger partial charge in [-0.3, -0.25) is 4.99 Å². The maximum absolute atomic E-state index is 14.2. The summed E-state index contributed by atoms with van der Waals surface area (Å²) in [5, 5.41) is 19.0. The minimum Gasteiger partial charge on any atom is -0.489 e. The Balaban J connectivity index is 1.95. The monoisotopic (exact) mass is 516 g/mol. The van der Waals surface area contributed by atoms with Crippen LogP contribution in [0.3, 0.4) is 0 Å². The molecule has 1 aliphatic heterocycles. The van der Waals surface area contributed by atoms with Crippen LogP contribution in [0.4, 0.5) is 14.5 Å². The van der Waals surface area contributed by atoms with Gasteiger partial charge in [-0.25, -0.2) is 8.78 Å². The van der Waals surface area contributed by atoms with E-state index in [1.165, 1.54) is 12.1 Å². The number of allylic oxidation sites excluding steroid dienone is 1.